The van der Waals surface area contributed by atoms with Crippen molar-refractivity contribution in [1.29, 1.82) is 0 Å². The zero-order chi connectivity index (χ0) is 23.4. The molecule has 170 valence electrons. The maximum Gasteiger partial charge on any atom is 0.269 e. The third-order valence-corrected chi connectivity index (χ3v) is 7.00. The molecule has 0 saturated carbocycles. The molecule has 1 aliphatic rings. The van der Waals surface area contributed by atoms with Crippen molar-refractivity contribution in [3.05, 3.63) is 78.1 Å². The van der Waals surface area contributed by atoms with Gasteiger partial charge in [-0.05, 0) is 18.2 Å². The number of aliphatic hydroxyl groups is 1. The number of nitrogens with two attached hydrogens (primary N) is 1. The highest BCUT2D eigenvalue weighted by Gasteiger charge is 2.42. The number of aromatic nitrogens is 2. The Morgan fingerprint density at radius 3 is 2.39 bits per heavy atom. The van der Waals surface area contributed by atoms with E-state index in [0.29, 0.717) is 0 Å². The fraction of sp³-hybridized carbons (Fsp3) is 0.136. The van der Waals surface area contributed by atoms with E-state index in [1.807, 2.05) is 0 Å². The van der Waals surface area contributed by atoms with Gasteiger partial charge in [0.15, 0.2) is 23.0 Å². The Bertz CT molecular complexity index is 1460. The van der Waals surface area contributed by atoms with Gasteiger partial charge in [0.1, 0.15) is 11.4 Å². The first-order chi connectivity index (χ1) is 15.7. The third-order valence-electron chi connectivity index (χ3n) is 5.33. The predicted molar refractivity (Wildman–Crippen MR) is 114 cm³/mol. The van der Waals surface area contributed by atoms with Crippen molar-refractivity contribution in [3.8, 4) is 11.5 Å². The van der Waals surface area contributed by atoms with Crippen molar-refractivity contribution >= 4 is 26.7 Å². The van der Waals surface area contributed by atoms with Crippen LogP contribution in [0, 0.1) is 11.6 Å². The van der Waals surface area contributed by atoms with Crippen molar-refractivity contribution < 1.29 is 31.8 Å². The van der Waals surface area contributed by atoms with Crippen LogP contribution < -0.4 is 10.5 Å². The number of halogens is 2. The first-order valence-electron chi connectivity index (χ1n) is 9.74. The van der Waals surface area contributed by atoms with Gasteiger partial charge in [0.25, 0.3) is 10.0 Å². The van der Waals surface area contributed by atoms with Gasteiger partial charge in [0.2, 0.25) is 0 Å². The summed E-state index contributed by atoms with van der Waals surface area (Å²) in [4.78, 5) is 4.17. The fourth-order valence-corrected chi connectivity index (χ4v) is 5.00. The highest BCUT2D eigenvalue weighted by Crippen LogP contribution is 2.42. The Balaban J connectivity index is 1.75. The summed E-state index contributed by atoms with van der Waals surface area (Å²) in [6.45, 7) is -0.202. The van der Waals surface area contributed by atoms with E-state index in [1.165, 1.54) is 30.6 Å². The predicted octanol–water partition coefficient (Wildman–Crippen LogP) is 3.14. The number of pyridine rings is 1. The molecular weight excluding hydrogens is 456 g/mol. The van der Waals surface area contributed by atoms with Crippen LogP contribution >= 0.6 is 0 Å². The number of nitrogen functional groups attached to an aromatic ring is 1. The summed E-state index contributed by atoms with van der Waals surface area (Å²) in [5.41, 5.74) is 3.87. The molecule has 2 aromatic heterocycles. The number of hydrogen-bond acceptors (Lipinski definition) is 7. The van der Waals surface area contributed by atoms with Crippen molar-refractivity contribution in [1.82, 2.24) is 8.96 Å². The van der Waals surface area contributed by atoms with E-state index in [9.17, 15) is 22.3 Å². The van der Waals surface area contributed by atoms with Gasteiger partial charge in [-0.25, -0.2) is 26.2 Å². The van der Waals surface area contributed by atoms with Crippen molar-refractivity contribution in [3.63, 3.8) is 0 Å². The van der Waals surface area contributed by atoms with Crippen LogP contribution in [0.2, 0.25) is 0 Å². The van der Waals surface area contributed by atoms with E-state index in [0.717, 1.165) is 16.1 Å². The molecule has 33 heavy (non-hydrogen) atoms. The second-order valence-corrected chi connectivity index (χ2v) is 9.42. The summed E-state index contributed by atoms with van der Waals surface area (Å²) in [6.07, 6.45) is 2.47. The molecule has 0 unspecified atom stereocenters. The van der Waals surface area contributed by atoms with Crippen molar-refractivity contribution in [2.45, 2.75) is 10.5 Å². The minimum absolute atomic E-state index is 0.00551. The van der Waals surface area contributed by atoms with E-state index >= 15 is 0 Å². The number of rotatable bonds is 5. The van der Waals surface area contributed by atoms with Crippen LogP contribution in [0.3, 0.4) is 0 Å². The van der Waals surface area contributed by atoms with Crippen LogP contribution in [-0.4, -0.2) is 35.7 Å². The highest BCUT2D eigenvalue weighted by atomic mass is 32.2. The lowest BCUT2D eigenvalue weighted by molar-refractivity contribution is -0.183. The summed E-state index contributed by atoms with van der Waals surface area (Å²) >= 11 is 0. The van der Waals surface area contributed by atoms with Crippen LogP contribution in [0.25, 0.3) is 11.0 Å². The van der Waals surface area contributed by atoms with Gasteiger partial charge < -0.3 is 20.3 Å². The van der Waals surface area contributed by atoms with E-state index in [2.05, 4.69) is 4.98 Å². The zero-order valence-corrected chi connectivity index (χ0v) is 17.7. The molecule has 1 fully saturated rings. The first-order valence-corrected chi connectivity index (χ1v) is 11.2. The van der Waals surface area contributed by atoms with Crippen LogP contribution in [0.4, 0.5) is 14.5 Å². The summed E-state index contributed by atoms with van der Waals surface area (Å²) in [5.74, 6) is -2.90. The SMILES string of the molecule is Nc1cc(F)c(Oc2ccnc3c2c(C2(O)COC2)cn3S(=O)(=O)c2ccccc2)c(F)c1. The molecule has 0 amide bonds. The largest absolute Gasteiger partial charge is 0.450 e. The maximum absolute atomic E-state index is 14.4. The fourth-order valence-electron chi connectivity index (χ4n) is 3.66. The Hall–Kier alpha value is -3.54. The van der Waals surface area contributed by atoms with Gasteiger partial charge in [0.05, 0.1) is 23.5 Å². The number of fused-ring (bicyclic) bond motifs is 1. The minimum Gasteiger partial charge on any atom is -0.450 e. The van der Waals surface area contributed by atoms with Gasteiger partial charge >= 0.3 is 0 Å². The van der Waals surface area contributed by atoms with Crippen LogP contribution in [-0.2, 0) is 20.4 Å². The summed E-state index contributed by atoms with van der Waals surface area (Å²) in [7, 11) is -4.12. The molecule has 3 heterocycles. The van der Waals surface area contributed by atoms with Gasteiger partial charge in [-0.1, -0.05) is 18.2 Å². The van der Waals surface area contributed by atoms with Gasteiger partial charge in [-0.15, -0.1) is 0 Å². The van der Waals surface area contributed by atoms with E-state index < -0.39 is 33.0 Å². The highest BCUT2D eigenvalue weighted by molar-refractivity contribution is 7.90. The second-order valence-electron chi connectivity index (χ2n) is 7.60. The van der Waals surface area contributed by atoms with Crippen molar-refractivity contribution in [2.24, 2.45) is 0 Å². The quantitative estimate of drug-likeness (QED) is 0.428. The monoisotopic (exact) mass is 473 g/mol. The number of ether oxygens (including phenoxy) is 2. The Kier molecular flexibility index (Phi) is 4.85. The molecule has 1 saturated heterocycles. The number of hydrogen-bond donors (Lipinski definition) is 2. The summed E-state index contributed by atoms with van der Waals surface area (Å²) in [5, 5.41) is 11.1. The number of nitrogens with zero attached hydrogens (tertiary/aromatic N) is 2. The topological polar surface area (TPSA) is 117 Å². The molecule has 3 N–H and O–H groups in total. The maximum atomic E-state index is 14.4. The Morgan fingerprint density at radius 1 is 1.12 bits per heavy atom. The Labute approximate surface area is 186 Å². The molecule has 0 aliphatic carbocycles. The molecule has 1 aliphatic heterocycles. The number of benzene rings is 2. The average Bonchev–Trinajstić information content (AvgIpc) is 3.17. The molecule has 0 spiro atoms. The van der Waals surface area contributed by atoms with Gasteiger partial charge in [0, 0.05) is 35.8 Å². The molecule has 2 aromatic carbocycles. The molecular formula is C22H17F2N3O5S. The molecule has 0 radical (unpaired) electrons. The summed E-state index contributed by atoms with van der Waals surface area (Å²) in [6, 6.07) is 10.8. The molecule has 4 aromatic rings. The van der Waals surface area contributed by atoms with Crippen molar-refractivity contribution in [2.75, 3.05) is 18.9 Å². The van der Waals surface area contributed by atoms with Gasteiger partial charge in [-0.3, -0.25) is 0 Å². The second kappa shape index (κ2) is 7.51. The molecule has 8 nitrogen and oxygen atoms in total. The molecule has 0 atom stereocenters. The number of anilines is 1. The lowest BCUT2D eigenvalue weighted by Gasteiger charge is -2.36. The minimum atomic E-state index is -4.12. The molecule has 5 rings (SSSR count). The normalized spacial score (nSPS) is 15.4. The smallest absolute Gasteiger partial charge is 0.269 e. The van der Waals surface area contributed by atoms with E-state index in [-0.39, 0.29) is 46.1 Å². The molecule has 0 bridgehead atoms. The summed E-state index contributed by atoms with van der Waals surface area (Å²) < 4.78 is 67.1. The third kappa shape index (κ3) is 3.41. The first kappa shape index (κ1) is 21.3. The lowest BCUT2D eigenvalue weighted by atomic mass is 9.92. The van der Waals surface area contributed by atoms with Crippen LogP contribution in [0.5, 0.6) is 11.5 Å². The van der Waals surface area contributed by atoms with E-state index in [1.54, 1.807) is 18.2 Å². The standard InChI is InChI=1S/C22H17F2N3O5S/c23-16-8-13(25)9-17(24)20(16)32-18-6-7-26-21-19(18)15(22(28)11-31-12-22)10-27(21)33(29,30)14-4-2-1-3-5-14/h1-10,28H,11-12,25H2. The molecule has 11 heteroatoms. The lowest BCUT2D eigenvalue weighted by Crippen LogP contribution is -2.46. The van der Waals surface area contributed by atoms with Crippen LogP contribution in [0.1, 0.15) is 5.56 Å². The van der Waals surface area contributed by atoms with E-state index in [4.69, 9.17) is 15.2 Å². The average molecular weight is 473 g/mol. The van der Waals surface area contributed by atoms with Crippen LogP contribution in [0.15, 0.2) is 65.8 Å². The van der Waals surface area contributed by atoms with Gasteiger partial charge in [-0.2, -0.15) is 0 Å². The zero-order valence-electron chi connectivity index (χ0n) is 16.9. The Morgan fingerprint density at radius 2 is 1.79 bits per heavy atom.